The number of anilines is 1. The summed E-state index contributed by atoms with van der Waals surface area (Å²) in [7, 11) is 3.18. The Balaban J connectivity index is 2.15. The number of hydrogen-bond acceptors (Lipinski definition) is 5. The van der Waals surface area contributed by atoms with Crippen LogP contribution in [-0.4, -0.2) is 49.1 Å². The maximum atomic E-state index is 13.2. The van der Waals surface area contributed by atoms with Gasteiger partial charge in [-0.2, -0.15) is 0 Å². The minimum Gasteiger partial charge on any atom is -0.495 e. The van der Waals surface area contributed by atoms with Gasteiger partial charge in [0.2, 0.25) is 0 Å². The molecule has 0 aliphatic carbocycles. The Morgan fingerprint density at radius 3 is 2.31 bits per heavy atom. The molecule has 0 bridgehead atoms. The average molecular weight is 352 g/mol. The summed E-state index contributed by atoms with van der Waals surface area (Å²) >= 11 is 0. The maximum absolute atomic E-state index is 13.2. The van der Waals surface area contributed by atoms with Crippen LogP contribution in [0.3, 0.4) is 0 Å². The van der Waals surface area contributed by atoms with E-state index in [1.165, 1.54) is 7.11 Å². The Labute approximate surface area is 151 Å². The summed E-state index contributed by atoms with van der Waals surface area (Å²) in [4.78, 5) is 29.1. The van der Waals surface area contributed by atoms with E-state index in [1.54, 1.807) is 48.3 Å². The lowest BCUT2D eigenvalue weighted by Crippen LogP contribution is -2.35. The number of hydrogen-bond donors (Lipinski definition) is 1. The molecule has 1 heterocycles. The summed E-state index contributed by atoms with van der Waals surface area (Å²) in [6, 6.07) is 16.0. The second-order valence-corrected chi connectivity index (χ2v) is 5.85. The summed E-state index contributed by atoms with van der Waals surface area (Å²) in [5.41, 5.74) is 1.63. The van der Waals surface area contributed by atoms with Crippen LogP contribution in [0.4, 0.5) is 5.69 Å². The molecule has 1 aliphatic rings. The lowest BCUT2D eigenvalue weighted by Gasteiger charge is -2.21. The first-order valence-corrected chi connectivity index (χ1v) is 8.23. The molecule has 0 aromatic heterocycles. The number of methoxy groups -OCH3 is 1. The Hall–Kier alpha value is -3.12. The van der Waals surface area contributed by atoms with Crippen LogP contribution in [0.1, 0.15) is 5.56 Å². The van der Waals surface area contributed by atoms with Gasteiger partial charge in [-0.05, 0) is 17.7 Å². The van der Waals surface area contributed by atoms with Crippen LogP contribution in [0, 0.1) is 0 Å². The zero-order valence-electron chi connectivity index (χ0n) is 14.7. The monoisotopic (exact) mass is 352 g/mol. The SMILES string of the molecule is COc1ccccc1N1C(=O)C(c2ccccc2)=C(N(C)CCO)C1=O. The number of aliphatic hydroxyl groups is 1. The lowest BCUT2D eigenvalue weighted by atomic mass is 10.0. The van der Waals surface area contributed by atoms with Crippen molar-refractivity contribution in [2.24, 2.45) is 0 Å². The minimum atomic E-state index is -0.436. The van der Waals surface area contributed by atoms with Gasteiger partial charge >= 0.3 is 0 Å². The molecule has 0 spiro atoms. The summed E-state index contributed by atoms with van der Waals surface area (Å²) in [5.74, 6) is -0.410. The smallest absolute Gasteiger partial charge is 0.282 e. The minimum absolute atomic E-state index is 0.127. The van der Waals surface area contributed by atoms with Gasteiger partial charge in [0, 0.05) is 13.6 Å². The summed E-state index contributed by atoms with van der Waals surface area (Å²) in [6.45, 7) is 0.114. The molecule has 6 heteroatoms. The van der Waals surface area contributed by atoms with E-state index in [9.17, 15) is 14.7 Å². The van der Waals surface area contributed by atoms with Gasteiger partial charge in [0.15, 0.2) is 0 Å². The molecule has 2 amide bonds. The third-order valence-electron chi connectivity index (χ3n) is 4.27. The fourth-order valence-electron chi connectivity index (χ4n) is 3.03. The average Bonchev–Trinajstić information content (AvgIpc) is 2.93. The highest BCUT2D eigenvalue weighted by atomic mass is 16.5. The Bertz CT molecular complexity index is 861. The van der Waals surface area contributed by atoms with Crippen molar-refractivity contribution in [3.63, 3.8) is 0 Å². The van der Waals surface area contributed by atoms with Crippen molar-refractivity contribution < 1.29 is 19.4 Å². The standard InChI is InChI=1S/C20H20N2O4/c1-21(12-13-23)18-17(14-8-4-3-5-9-14)19(24)22(20(18)25)15-10-6-7-11-16(15)26-2/h3-11,23H,12-13H2,1-2H3. The fourth-order valence-corrected chi connectivity index (χ4v) is 3.03. The number of carbonyl (C=O) groups is 2. The summed E-state index contributed by atoms with van der Waals surface area (Å²) in [5, 5.41) is 9.28. The highest BCUT2D eigenvalue weighted by Gasteiger charge is 2.42. The van der Waals surface area contributed by atoms with Crippen LogP contribution in [0.15, 0.2) is 60.3 Å². The molecule has 0 saturated carbocycles. The number of likely N-dealkylation sites (N-methyl/N-ethyl adjacent to an activating group) is 1. The van der Waals surface area contributed by atoms with E-state index in [0.717, 1.165) is 4.90 Å². The molecule has 1 N–H and O–H groups in total. The van der Waals surface area contributed by atoms with Crippen LogP contribution in [0.5, 0.6) is 5.75 Å². The van der Waals surface area contributed by atoms with Crippen molar-refractivity contribution in [1.29, 1.82) is 0 Å². The van der Waals surface area contributed by atoms with Crippen LogP contribution < -0.4 is 9.64 Å². The molecular weight excluding hydrogens is 332 g/mol. The molecule has 0 fully saturated rings. The third-order valence-corrected chi connectivity index (χ3v) is 4.27. The molecule has 6 nitrogen and oxygen atoms in total. The van der Waals surface area contributed by atoms with Gasteiger partial charge in [-0.1, -0.05) is 42.5 Å². The molecule has 134 valence electrons. The Kier molecular flexibility index (Phi) is 5.04. The number of carbonyl (C=O) groups excluding carboxylic acids is 2. The van der Waals surface area contributed by atoms with Crippen molar-refractivity contribution in [2.45, 2.75) is 0 Å². The van der Waals surface area contributed by atoms with Crippen molar-refractivity contribution in [1.82, 2.24) is 4.90 Å². The number of imide groups is 1. The molecule has 2 aromatic rings. The van der Waals surface area contributed by atoms with Crippen LogP contribution >= 0.6 is 0 Å². The number of aliphatic hydroxyl groups excluding tert-OH is 1. The van der Waals surface area contributed by atoms with Crippen LogP contribution in [-0.2, 0) is 9.59 Å². The van der Waals surface area contributed by atoms with Gasteiger partial charge in [0.1, 0.15) is 11.4 Å². The van der Waals surface area contributed by atoms with Crippen molar-refractivity contribution >= 4 is 23.1 Å². The van der Waals surface area contributed by atoms with Crippen molar-refractivity contribution in [3.8, 4) is 5.75 Å². The molecule has 26 heavy (non-hydrogen) atoms. The van der Waals surface area contributed by atoms with Gasteiger partial charge in [0.05, 0.1) is 25.0 Å². The second kappa shape index (κ2) is 7.41. The van der Waals surface area contributed by atoms with Gasteiger partial charge in [-0.15, -0.1) is 0 Å². The molecule has 3 rings (SSSR count). The van der Waals surface area contributed by atoms with E-state index in [2.05, 4.69) is 0 Å². The Morgan fingerprint density at radius 2 is 1.65 bits per heavy atom. The summed E-state index contributed by atoms with van der Waals surface area (Å²) in [6.07, 6.45) is 0. The van der Waals surface area contributed by atoms with Crippen molar-refractivity contribution in [2.75, 3.05) is 32.2 Å². The lowest BCUT2D eigenvalue weighted by molar-refractivity contribution is -0.120. The first kappa shape index (κ1) is 17.7. The van der Waals surface area contributed by atoms with E-state index < -0.39 is 11.8 Å². The Morgan fingerprint density at radius 1 is 1.00 bits per heavy atom. The first-order valence-electron chi connectivity index (χ1n) is 8.23. The second-order valence-electron chi connectivity index (χ2n) is 5.85. The van der Waals surface area contributed by atoms with Crippen LogP contribution in [0.2, 0.25) is 0 Å². The highest BCUT2D eigenvalue weighted by Crippen LogP contribution is 2.37. The molecular formula is C20H20N2O4. The number of amides is 2. The molecule has 0 radical (unpaired) electrons. The number of ether oxygens (including phenoxy) is 1. The van der Waals surface area contributed by atoms with Gasteiger partial charge < -0.3 is 14.7 Å². The molecule has 2 aromatic carbocycles. The number of rotatable bonds is 6. The summed E-state index contributed by atoms with van der Waals surface area (Å²) < 4.78 is 5.32. The molecule has 0 saturated heterocycles. The predicted octanol–water partition coefficient (Wildman–Crippen LogP) is 1.90. The zero-order valence-corrected chi connectivity index (χ0v) is 14.7. The fraction of sp³-hybridized carbons (Fsp3) is 0.200. The largest absolute Gasteiger partial charge is 0.495 e. The van der Waals surface area contributed by atoms with E-state index in [4.69, 9.17) is 4.74 Å². The highest BCUT2D eigenvalue weighted by molar-refractivity contribution is 6.45. The first-order chi connectivity index (χ1) is 12.6. The number of benzene rings is 2. The molecule has 0 unspecified atom stereocenters. The van der Waals surface area contributed by atoms with Gasteiger partial charge in [-0.3, -0.25) is 9.59 Å². The van der Waals surface area contributed by atoms with Gasteiger partial charge in [0.25, 0.3) is 11.8 Å². The van der Waals surface area contributed by atoms with E-state index in [-0.39, 0.29) is 18.8 Å². The quantitative estimate of drug-likeness (QED) is 0.804. The normalized spacial score (nSPS) is 14.2. The number of nitrogens with zero attached hydrogens (tertiary/aromatic N) is 2. The zero-order chi connectivity index (χ0) is 18.7. The predicted molar refractivity (Wildman–Crippen MR) is 98.6 cm³/mol. The number of para-hydroxylation sites is 2. The topological polar surface area (TPSA) is 70.1 Å². The van der Waals surface area contributed by atoms with E-state index in [0.29, 0.717) is 22.6 Å². The molecule has 1 aliphatic heterocycles. The van der Waals surface area contributed by atoms with E-state index >= 15 is 0 Å². The maximum Gasteiger partial charge on any atom is 0.282 e. The van der Waals surface area contributed by atoms with Gasteiger partial charge in [-0.25, -0.2) is 4.90 Å². The van der Waals surface area contributed by atoms with Crippen LogP contribution in [0.25, 0.3) is 5.57 Å². The molecule has 0 atom stereocenters. The third kappa shape index (κ3) is 2.95. The van der Waals surface area contributed by atoms with E-state index in [1.807, 2.05) is 18.2 Å². The van der Waals surface area contributed by atoms with Crippen molar-refractivity contribution in [3.05, 3.63) is 65.9 Å².